The van der Waals surface area contributed by atoms with Crippen LogP contribution in [0.3, 0.4) is 0 Å². The molecule has 0 aliphatic heterocycles. The number of rotatable bonds is 6. The van der Waals surface area contributed by atoms with Gasteiger partial charge in [-0.25, -0.2) is 4.99 Å². The van der Waals surface area contributed by atoms with Gasteiger partial charge in [0.2, 0.25) is 0 Å². The van der Waals surface area contributed by atoms with E-state index < -0.39 is 0 Å². The van der Waals surface area contributed by atoms with Crippen LogP contribution in [0.4, 0.5) is 11.4 Å². The standard InChI is InChI=1S/C18H25N3OS/c1-6-20(7-2)16-11-9-15(10-12-16)19-18-21(8-3)13(4)17(23-18)14(5)22/h9-12H,6-8H2,1-5H3/b19-18-. The van der Waals surface area contributed by atoms with Crippen LogP contribution in [-0.4, -0.2) is 23.4 Å². The first-order valence-electron chi connectivity index (χ1n) is 8.12. The maximum atomic E-state index is 11.7. The zero-order chi connectivity index (χ0) is 17.0. The zero-order valence-corrected chi connectivity index (χ0v) is 15.4. The van der Waals surface area contributed by atoms with Crippen molar-refractivity contribution in [3.63, 3.8) is 0 Å². The summed E-state index contributed by atoms with van der Waals surface area (Å²) in [6, 6.07) is 8.29. The molecule has 0 unspecified atom stereocenters. The average molecular weight is 331 g/mol. The topological polar surface area (TPSA) is 37.6 Å². The van der Waals surface area contributed by atoms with Crippen molar-refractivity contribution < 1.29 is 4.79 Å². The van der Waals surface area contributed by atoms with Gasteiger partial charge in [0.05, 0.1) is 10.6 Å². The van der Waals surface area contributed by atoms with Crippen LogP contribution < -0.4 is 9.70 Å². The van der Waals surface area contributed by atoms with Crippen LogP contribution in [-0.2, 0) is 6.54 Å². The number of thiazole rings is 1. The van der Waals surface area contributed by atoms with E-state index in [0.717, 1.165) is 40.7 Å². The second-order valence-corrected chi connectivity index (χ2v) is 6.38. The molecule has 5 heteroatoms. The van der Waals surface area contributed by atoms with Crippen LogP contribution in [0.2, 0.25) is 0 Å². The van der Waals surface area contributed by atoms with Crippen LogP contribution in [0, 0.1) is 6.92 Å². The van der Waals surface area contributed by atoms with Crippen molar-refractivity contribution in [2.24, 2.45) is 4.99 Å². The summed E-state index contributed by atoms with van der Waals surface area (Å²) < 4.78 is 2.10. The predicted molar refractivity (Wildman–Crippen MR) is 98.0 cm³/mol. The molecule has 0 spiro atoms. The third-order valence-corrected chi connectivity index (χ3v) is 5.28. The van der Waals surface area contributed by atoms with Crippen LogP contribution in [0.1, 0.15) is 43.1 Å². The third-order valence-electron chi connectivity index (χ3n) is 4.00. The van der Waals surface area contributed by atoms with Crippen molar-refractivity contribution >= 4 is 28.5 Å². The molecule has 0 amide bonds. The fraction of sp³-hybridized carbons (Fsp3) is 0.444. The van der Waals surface area contributed by atoms with Crippen LogP contribution >= 0.6 is 11.3 Å². The monoisotopic (exact) mass is 331 g/mol. The Morgan fingerprint density at radius 3 is 2.26 bits per heavy atom. The van der Waals surface area contributed by atoms with Crippen molar-refractivity contribution in [2.45, 2.75) is 41.2 Å². The smallest absolute Gasteiger partial charge is 0.190 e. The number of anilines is 1. The number of aromatic nitrogens is 1. The molecule has 0 atom stereocenters. The maximum absolute atomic E-state index is 11.7. The molecule has 1 heterocycles. The number of Topliss-reactive ketones (excluding diaryl/α,β-unsaturated/α-hetero) is 1. The van der Waals surface area contributed by atoms with Gasteiger partial charge in [0.15, 0.2) is 10.6 Å². The fourth-order valence-corrected chi connectivity index (χ4v) is 3.82. The minimum atomic E-state index is 0.105. The highest BCUT2D eigenvalue weighted by Crippen LogP contribution is 2.20. The molecule has 0 saturated carbocycles. The van der Waals surface area contributed by atoms with E-state index in [1.165, 1.54) is 17.0 Å². The lowest BCUT2D eigenvalue weighted by Gasteiger charge is -2.20. The molecule has 0 fully saturated rings. The molecule has 0 aliphatic carbocycles. The zero-order valence-electron chi connectivity index (χ0n) is 14.6. The summed E-state index contributed by atoms with van der Waals surface area (Å²) in [6.07, 6.45) is 0. The Balaban J connectivity index is 2.42. The van der Waals surface area contributed by atoms with Crippen LogP contribution in [0.25, 0.3) is 0 Å². The third kappa shape index (κ3) is 3.72. The summed E-state index contributed by atoms with van der Waals surface area (Å²) >= 11 is 1.47. The summed E-state index contributed by atoms with van der Waals surface area (Å²) in [5, 5.41) is 0. The van der Waals surface area contributed by atoms with Gasteiger partial charge in [-0.3, -0.25) is 4.79 Å². The van der Waals surface area contributed by atoms with E-state index in [4.69, 9.17) is 4.99 Å². The van der Waals surface area contributed by atoms with Gasteiger partial charge in [-0.05, 0) is 52.0 Å². The van der Waals surface area contributed by atoms with Gasteiger partial charge < -0.3 is 9.47 Å². The molecule has 0 saturated heterocycles. The van der Waals surface area contributed by atoms with Gasteiger partial charge in [-0.2, -0.15) is 0 Å². The van der Waals surface area contributed by atoms with Crippen LogP contribution in [0.15, 0.2) is 29.3 Å². The number of carbonyl (C=O) groups is 1. The Morgan fingerprint density at radius 1 is 1.17 bits per heavy atom. The lowest BCUT2D eigenvalue weighted by Crippen LogP contribution is -2.21. The summed E-state index contributed by atoms with van der Waals surface area (Å²) in [6.45, 7) is 12.8. The first kappa shape index (κ1) is 17.5. The van der Waals surface area contributed by atoms with Gasteiger partial charge in [-0.1, -0.05) is 11.3 Å². The summed E-state index contributed by atoms with van der Waals surface area (Å²) in [4.78, 5) is 20.5. The van der Waals surface area contributed by atoms with E-state index in [0.29, 0.717) is 0 Å². The van der Waals surface area contributed by atoms with Crippen molar-refractivity contribution in [2.75, 3.05) is 18.0 Å². The molecule has 124 valence electrons. The molecule has 2 rings (SSSR count). The summed E-state index contributed by atoms with van der Waals surface area (Å²) in [7, 11) is 0. The normalized spacial score (nSPS) is 11.8. The Kier molecular flexibility index (Phi) is 5.77. The highest BCUT2D eigenvalue weighted by Gasteiger charge is 2.12. The number of benzene rings is 1. The van der Waals surface area contributed by atoms with Crippen molar-refractivity contribution in [3.8, 4) is 0 Å². The first-order valence-corrected chi connectivity index (χ1v) is 8.94. The number of ketones is 1. The molecular formula is C18H25N3OS. The Morgan fingerprint density at radius 2 is 1.78 bits per heavy atom. The molecule has 23 heavy (non-hydrogen) atoms. The number of nitrogens with zero attached hydrogens (tertiary/aromatic N) is 3. The minimum absolute atomic E-state index is 0.105. The quantitative estimate of drug-likeness (QED) is 0.745. The lowest BCUT2D eigenvalue weighted by atomic mass is 10.2. The highest BCUT2D eigenvalue weighted by atomic mass is 32.1. The van der Waals surface area contributed by atoms with Crippen LogP contribution in [0.5, 0.6) is 0 Å². The molecule has 2 aromatic rings. The van der Waals surface area contributed by atoms with Crippen molar-refractivity contribution in [3.05, 3.63) is 39.6 Å². The largest absolute Gasteiger partial charge is 0.372 e. The Labute approximate surface area is 142 Å². The first-order chi connectivity index (χ1) is 11.0. The Bertz CT molecular complexity index is 737. The summed E-state index contributed by atoms with van der Waals surface area (Å²) in [5.41, 5.74) is 3.13. The van der Waals surface area contributed by atoms with Gasteiger partial charge in [-0.15, -0.1) is 0 Å². The molecule has 1 aromatic heterocycles. The molecule has 1 aromatic carbocycles. The fourth-order valence-electron chi connectivity index (χ4n) is 2.71. The molecule has 4 nitrogen and oxygen atoms in total. The van der Waals surface area contributed by atoms with Gasteiger partial charge in [0, 0.05) is 37.9 Å². The molecular weight excluding hydrogens is 306 g/mol. The highest BCUT2D eigenvalue weighted by molar-refractivity contribution is 7.11. The van der Waals surface area contributed by atoms with E-state index in [1.54, 1.807) is 6.92 Å². The van der Waals surface area contributed by atoms with Gasteiger partial charge >= 0.3 is 0 Å². The number of carbonyl (C=O) groups excluding carboxylic acids is 1. The van der Waals surface area contributed by atoms with E-state index in [1.807, 2.05) is 19.1 Å². The maximum Gasteiger partial charge on any atom is 0.190 e. The summed E-state index contributed by atoms with van der Waals surface area (Å²) in [5.74, 6) is 0.105. The van der Waals surface area contributed by atoms with Gasteiger partial charge in [0.25, 0.3) is 0 Å². The Hall–Kier alpha value is -1.88. The number of hydrogen-bond acceptors (Lipinski definition) is 4. The number of hydrogen-bond donors (Lipinski definition) is 0. The molecule has 0 bridgehead atoms. The van der Waals surface area contributed by atoms with E-state index in [-0.39, 0.29) is 5.78 Å². The van der Waals surface area contributed by atoms with Gasteiger partial charge in [0.1, 0.15) is 0 Å². The molecule has 0 N–H and O–H groups in total. The molecule has 0 aliphatic rings. The van der Waals surface area contributed by atoms with Crippen molar-refractivity contribution in [1.29, 1.82) is 0 Å². The SMILES string of the molecule is CCN(CC)c1ccc(/N=c2\sc(C(C)=O)c(C)n2CC)cc1. The molecule has 0 radical (unpaired) electrons. The van der Waals surface area contributed by atoms with E-state index in [2.05, 4.69) is 42.4 Å². The van der Waals surface area contributed by atoms with E-state index in [9.17, 15) is 4.79 Å². The van der Waals surface area contributed by atoms with E-state index >= 15 is 0 Å². The lowest BCUT2D eigenvalue weighted by molar-refractivity contribution is 0.102. The average Bonchev–Trinajstić information content (AvgIpc) is 2.86. The predicted octanol–water partition coefficient (Wildman–Crippen LogP) is 4.16. The van der Waals surface area contributed by atoms with Crippen molar-refractivity contribution in [1.82, 2.24) is 4.57 Å². The minimum Gasteiger partial charge on any atom is -0.372 e. The second-order valence-electron chi connectivity index (χ2n) is 5.40. The second kappa shape index (κ2) is 7.59.